The van der Waals surface area contributed by atoms with E-state index in [4.69, 9.17) is 0 Å². The van der Waals surface area contributed by atoms with Crippen molar-refractivity contribution in [1.82, 2.24) is 9.62 Å². The summed E-state index contributed by atoms with van der Waals surface area (Å²) >= 11 is 0. The molecule has 0 unspecified atom stereocenters. The first-order valence-corrected chi connectivity index (χ1v) is 9.34. The van der Waals surface area contributed by atoms with Crippen molar-refractivity contribution >= 4 is 10.0 Å². The van der Waals surface area contributed by atoms with E-state index in [1.54, 1.807) is 4.31 Å². The monoisotopic (exact) mass is 310 g/mol. The maximum absolute atomic E-state index is 12.5. The molecule has 0 radical (unpaired) electrons. The summed E-state index contributed by atoms with van der Waals surface area (Å²) in [7, 11) is -3.20. The molecule has 1 fully saturated rings. The number of hydrogen-bond donors (Lipinski definition) is 1. The van der Waals surface area contributed by atoms with Crippen molar-refractivity contribution in [3.63, 3.8) is 0 Å². The van der Waals surface area contributed by atoms with Crippen molar-refractivity contribution in [3.05, 3.63) is 35.4 Å². The molecule has 0 amide bonds. The fraction of sp³-hybridized carbons (Fsp3) is 0.625. The molecule has 0 spiro atoms. The quantitative estimate of drug-likeness (QED) is 0.802. The van der Waals surface area contributed by atoms with Crippen LogP contribution < -0.4 is 5.32 Å². The Hall–Kier alpha value is -0.910. The van der Waals surface area contributed by atoms with Crippen LogP contribution >= 0.6 is 0 Å². The number of benzene rings is 1. The second kappa shape index (κ2) is 6.90. The third kappa shape index (κ3) is 4.80. The highest BCUT2D eigenvalue weighted by molar-refractivity contribution is 7.88. The van der Waals surface area contributed by atoms with E-state index in [0.717, 1.165) is 30.5 Å². The summed E-state index contributed by atoms with van der Waals surface area (Å²) in [6, 6.07) is 8.53. The first-order chi connectivity index (χ1) is 9.92. The topological polar surface area (TPSA) is 49.4 Å². The zero-order chi connectivity index (χ0) is 15.5. The van der Waals surface area contributed by atoms with Crippen LogP contribution in [0.25, 0.3) is 0 Å². The van der Waals surface area contributed by atoms with E-state index in [1.165, 1.54) is 0 Å². The van der Waals surface area contributed by atoms with Gasteiger partial charge in [-0.2, -0.15) is 4.31 Å². The third-order valence-corrected chi connectivity index (χ3v) is 5.65. The van der Waals surface area contributed by atoms with Crippen LogP contribution in [0.15, 0.2) is 24.3 Å². The Morgan fingerprint density at radius 2 is 1.95 bits per heavy atom. The van der Waals surface area contributed by atoms with Gasteiger partial charge in [0.05, 0.1) is 5.75 Å². The Morgan fingerprint density at radius 1 is 1.29 bits per heavy atom. The van der Waals surface area contributed by atoms with Gasteiger partial charge in [0.15, 0.2) is 0 Å². The maximum atomic E-state index is 12.5. The lowest BCUT2D eigenvalue weighted by Crippen LogP contribution is -2.33. The second-order valence-corrected chi connectivity index (χ2v) is 7.97. The van der Waals surface area contributed by atoms with Crippen LogP contribution in [0, 0.1) is 0 Å². The fourth-order valence-electron chi connectivity index (χ4n) is 2.49. The van der Waals surface area contributed by atoms with E-state index in [0.29, 0.717) is 12.6 Å². The van der Waals surface area contributed by atoms with Gasteiger partial charge in [-0.3, -0.25) is 0 Å². The van der Waals surface area contributed by atoms with Crippen LogP contribution in [-0.2, 0) is 22.3 Å². The normalized spacial score (nSPS) is 15.9. The molecule has 0 atom stereocenters. The van der Waals surface area contributed by atoms with E-state index in [-0.39, 0.29) is 11.8 Å². The van der Waals surface area contributed by atoms with Gasteiger partial charge in [-0.05, 0) is 24.0 Å². The smallest absolute Gasteiger partial charge is 0.218 e. The van der Waals surface area contributed by atoms with Crippen molar-refractivity contribution in [2.24, 2.45) is 0 Å². The summed E-state index contributed by atoms with van der Waals surface area (Å²) in [5, 5.41) is 3.35. The Bertz CT molecular complexity index is 565. The van der Waals surface area contributed by atoms with Crippen molar-refractivity contribution in [3.8, 4) is 0 Å². The Morgan fingerprint density at radius 3 is 2.52 bits per heavy atom. The number of nitrogens with zero attached hydrogens (tertiary/aromatic N) is 1. The lowest BCUT2D eigenvalue weighted by molar-refractivity contribution is 0.420. The summed E-state index contributed by atoms with van der Waals surface area (Å²) in [6.07, 6.45) is 2.01. The molecule has 21 heavy (non-hydrogen) atoms. The molecule has 4 nitrogen and oxygen atoms in total. The first-order valence-electron chi connectivity index (χ1n) is 7.73. The molecule has 0 aromatic heterocycles. The molecule has 0 saturated heterocycles. The lowest BCUT2D eigenvalue weighted by atomic mass is 10.1. The average molecular weight is 310 g/mol. The zero-order valence-corrected chi connectivity index (χ0v) is 14.0. The molecule has 118 valence electrons. The van der Waals surface area contributed by atoms with Crippen molar-refractivity contribution < 1.29 is 8.42 Å². The first kappa shape index (κ1) is 16.5. The van der Waals surface area contributed by atoms with Crippen LogP contribution in [0.1, 0.15) is 44.7 Å². The minimum atomic E-state index is -3.20. The number of rotatable bonds is 8. The summed E-state index contributed by atoms with van der Waals surface area (Å²) in [4.78, 5) is 0. The van der Waals surface area contributed by atoms with Crippen molar-refractivity contribution in [1.29, 1.82) is 0 Å². The van der Waals surface area contributed by atoms with Gasteiger partial charge in [-0.15, -0.1) is 0 Å². The molecular weight excluding hydrogens is 284 g/mol. The van der Waals surface area contributed by atoms with Crippen LogP contribution in [0.5, 0.6) is 0 Å². The number of sulfonamides is 1. The standard InChI is InChI=1S/C16H26N2O2S/c1-4-18(16-8-9-16)21(19,20)12-15-7-5-6-14(10-15)11-17-13(2)3/h5-7,10,13,16-17H,4,8-9,11-12H2,1-3H3. The largest absolute Gasteiger partial charge is 0.310 e. The molecule has 1 aliphatic rings. The third-order valence-electron chi connectivity index (χ3n) is 3.68. The maximum Gasteiger partial charge on any atom is 0.218 e. The van der Waals surface area contributed by atoms with Crippen LogP contribution in [0.4, 0.5) is 0 Å². The van der Waals surface area contributed by atoms with Gasteiger partial charge in [0.1, 0.15) is 0 Å². The molecule has 0 heterocycles. The van der Waals surface area contributed by atoms with Crippen molar-refractivity contribution in [2.75, 3.05) is 6.54 Å². The molecule has 1 N–H and O–H groups in total. The average Bonchev–Trinajstić information content (AvgIpc) is 3.21. The fourth-order valence-corrected chi connectivity index (χ4v) is 4.31. The molecule has 5 heteroatoms. The summed E-state index contributed by atoms with van der Waals surface area (Å²) < 4.78 is 26.7. The zero-order valence-electron chi connectivity index (χ0n) is 13.2. The molecule has 0 bridgehead atoms. The highest BCUT2D eigenvalue weighted by Crippen LogP contribution is 2.30. The number of hydrogen-bond acceptors (Lipinski definition) is 3. The van der Waals surface area contributed by atoms with Gasteiger partial charge in [0.2, 0.25) is 10.0 Å². The van der Waals surface area contributed by atoms with Crippen molar-refractivity contribution in [2.45, 2.75) is 58.0 Å². The highest BCUT2D eigenvalue weighted by atomic mass is 32.2. The Balaban J connectivity index is 2.06. The minimum Gasteiger partial charge on any atom is -0.310 e. The highest BCUT2D eigenvalue weighted by Gasteiger charge is 2.35. The molecular formula is C16H26N2O2S. The van der Waals surface area contributed by atoms with Crippen LogP contribution in [0.2, 0.25) is 0 Å². The SMILES string of the molecule is CCN(C1CC1)S(=O)(=O)Cc1cccc(CNC(C)C)c1. The summed E-state index contributed by atoms with van der Waals surface area (Å²) in [5.74, 6) is 0.104. The lowest BCUT2D eigenvalue weighted by Gasteiger charge is -2.20. The predicted octanol–water partition coefficient (Wildman–Crippen LogP) is 2.50. The Kier molecular flexibility index (Phi) is 5.41. The van der Waals surface area contributed by atoms with E-state index >= 15 is 0 Å². The van der Waals surface area contributed by atoms with E-state index < -0.39 is 10.0 Å². The van der Waals surface area contributed by atoms with E-state index in [1.807, 2.05) is 31.2 Å². The Labute approximate surface area is 128 Å². The van der Waals surface area contributed by atoms with Gasteiger partial charge in [0.25, 0.3) is 0 Å². The summed E-state index contributed by atoms with van der Waals surface area (Å²) in [5.41, 5.74) is 2.00. The van der Waals surface area contributed by atoms with Gasteiger partial charge < -0.3 is 5.32 Å². The van der Waals surface area contributed by atoms with Gasteiger partial charge in [-0.25, -0.2) is 8.42 Å². The predicted molar refractivity (Wildman–Crippen MR) is 86.4 cm³/mol. The summed E-state index contributed by atoms with van der Waals surface area (Å²) in [6.45, 7) is 7.46. The van der Waals surface area contributed by atoms with Gasteiger partial charge in [-0.1, -0.05) is 45.0 Å². The molecule has 1 saturated carbocycles. The van der Waals surface area contributed by atoms with Gasteiger partial charge >= 0.3 is 0 Å². The second-order valence-electron chi connectivity index (χ2n) is 6.05. The van der Waals surface area contributed by atoms with E-state index in [9.17, 15) is 8.42 Å². The molecule has 2 rings (SSSR count). The molecule has 1 aromatic carbocycles. The minimum absolute atomic E-state index is 0.104. The molecule has 0 aliphatic heterocycles. The van der Waals surface area contributed by atoms with Crippen LogP contribution in [-0.4, -0.2) is 31.4 Å². The van der Waals surface area contributed by atoms with Gasteiger partial charge in [0, 0.05) is 25.2 Å². The molecule has 1 aromatic rings. The van der Waals surface area contributed by atoms with Crippen LogP contribution in [0.3, 0.4) is 0 Å². The molecule has 1 aliphatic carbocycles. The number of nitrogens with one attached hydrogen (secondary N) is 1. The van der Waals surface area contributed by atoms with E-state index in [2.05, 4.69) is 19.2 Å².